The molecule has 222 valence electrons. The number of benzene rings is 1. The average molecular weight is 599 g/mol. The van der Waals surface area contributed by atoms with Crippen molar-refractivity contribution in [1.82, 2.24) is 19.4 Å². The third-order valence-corrected chi connectivity index (χ3v) is 9.39. The molecule has 3 aromatic heterocycles. The van der Waals surface area contributed by atoms with Gasteiger partial charge in [0.1, 0.15) is 34.8 Å². The third-order valence-electron chi connectivity index (χ3n) is 8.09. The lowest BCUT2D eigenvalue weighted by molar-refractivity contribution is -0.122. The number of ether oxygens (including phenoxy) is 2. The number of fused-ring (bicyclic) bond motifs is 1. The Hall–Kier alpha value is -3.81. The van der Waals surface area contributed by atoms with E-state index in [2.05, 4.69) is 10.3 Å². The molecule has 2 N–H and O–H groups in total. The number of carbonyl (C=O) groups excluding carboxylic acids is 1. The molecule has 1 amide bonds. The highest BCUT2D eigenvalue weighted by atomic mass is 32.1. The standard InChI is InChI=1S/C29H31FN4O7S/c1-15-23-27(37)34(20-9-10-31-25(20)36)29(38)33(28(23)42-24(15)26-32-11-12-40-26)14-22(41-18-6-4-17(35)5-7-18)19-13-16(30)3-8-21(19)39-2/h3,8,11-13,17-18,20,22,35H,4-7,9-10,14H2,1-2H3,(H,31,36)/t17-,18-,20-,22+/m1/s1. The number of nitrogens with zero attached hydrogens (tertiary/aromatic N) is 3. The maximum atomic E-state index is 14.6. The largest absolute Gasteiger partial charge is 0.496 e. The van der Waals surface area contributed by atoms with Crippen LogP contribution in [0.1, 0.15) is 55.4 Å². The van der Waals surface area contributed by atoms with Gasteiger partial charge in [-0.1, -0.05) is 0 Å². The first kappa shape index (κ1) is 28.3. The molecule has 6 rings (SSSR count). The summed E-state index contributed by atoms with van der Waals surface area (Å²) >= 11 is 1.18. The van der Waals surface area contributed by atoms with E-state index >= 15 is 0 Å². The Kier molecular flexibility index (Phi) is 7.73. The van der Waals surface area contributed by atoms with Gasteiger partial charge in [0.2, 0.25) is 11.8 Å². The lowest BCUT2D eigenvalue weighted by Gasteiger charge is -2.31. The quantitative estimate of drug-likeness (QED) is 0.315. The maximum Gasteiger partial charge on any atom is 0.332 e. The summed E-state index contributed by atoms with van der Waals surface area (Å²) in [5, 5.41) is 13.0. The molecule has 11 nitrogen and oxygen atoms in total. The minimum absolute atomic E-state index is 0.0895. The van der Waals surface area contributed by atoms with Gasteiger partial charge in [-0.05, 0) is 62.8 Å². The molecule has 0 radical (unpaired) electrons. The highest BCUT2D eigenvalue weighted by Gasteiger charge is 2.34. The van der Waals surface area contributed by atoms with Gasteiger partial charge >= 0.3 is 5.69 Å². The smallest absolute Gasteiger partial charge is 0.332 e. The molecule has 0 spiro atoms. The van der Waals surface area contributed by atoms with E-state index in [1.807, 2.05) is 0 Å². The molecule has 0 unspecified atom stereocenters. The van der Waals surface area contributed by atoms with Crippen LogP contribution in [-0.2, 0) is 16.1 Å². The van der Waals surface area contributed by atoms with E-state index in [9.17, 15) is 23.9 Å². The van der Waals surface area contributed by atoms with Gasteiger partial charge < -0.3 is 24.3 Å². The monoisotopic (exact) mass is 598 g/mol. The molecule has 1 saturated heterocycles. The van der Waals surface area contributed by atoms with E-state index in [1.54, 1.807) is 6.92 Å². The first-order valence-electron chi connectivity index (χ1n) is 13.9. The van der Waals surface area contributed by atoms with Crippen LogP contribution in [0, 0.1) is 12.7 Å². The molecular formula is C29H31FN4O7S. The highest BCUT2D eigenvalue weighted by Crippen LogP contribution is 2.38. The van der Waals surface area contributed by atoms with E-state index < -0.39 is 41.2 Å². The molecular weight excluding hydrogens is 567 g/mol. The van der Waals surface area contributed by atoms with Crippen LogP contribution in [0.3, 0.4) is 0 Å². The number of aliphatic hydroxyl groups is 1. The Balaban J connectivity index is 1.55. The van der Waals surface area contributed by atoms with Crippen LogP contribution >= 0.6 is 11.3 Å². The summed E-state index contributed by atoms with van der Waals surface area (Å²) in [6.45, 7) is 2.01. The number of hydrogen-bond acceptors (Lipinski definition) is 9. The fourth-order valence-electron chi connectivity index (χ4n) is 5.92. The molecule has 4 heterocycles. The predicted molar refractivity (Wildman–Crippen MR) is 152 cm³/mol. The van der Waals surface area contributed by atoms with Crippen molar-refractivity contribution >= 4 is 27.5 Å². The van der Waals surface area contributed by atoms with E-state index in [0.717, 1.165) is 4.57 Å². The topological polar surface area (TPSA) is 138 Å². The van der Waals surface area contributed by atoms with Gasteiger partial charge in [0.05, 0.1) is 42.3 Å². The number of aryl methyl sites for hydroxylation is 1. The Morgan fingerprint density at radius 1 is 1.21 bits per heavy atom. The summed E-state index contributed by atoms with van der Waals surface area (Å²) in [4.78, 5) is 46.0. The first-order valence-corrected chi connectivity index (χ1v) is 14.7. The van der Waals surface area contributed by atoms with Gasteiger partial charge in [-0.15, -0.1) is 11.3 Å². The summed E-state index contributed by atoms with van der Waals surface area (Å²) < 4.78 is 34.7. The lowest BCUT2D eigenvalue weighted by atomic mass is 9.94. The number of methoxy groups -OCH3 is 1. The van der Waals surface area contributed by atoms with Crippen molar-refractivity contribution in [3.05, 3.63) is 68.4 Å². The molecule has 0 bridgehead atoms. The molecule has 2 atom stereocenters. The zero-order valence-corrected chi connectivity index (χ0v) is 24.0. The van der Waals surface area contributed by atoms with Crippen LogP contribution in [0.2, 0.25) is 0 Å². The van der Waals surface area contributed by atoms with Crippen LogP contribution in [0.25, 0.3) is 21.0 Å². The number of rotatable bonds is 8. The van der Waals surface area contributed by atoms with Gasteiger partial charge in [-0.3, -0.25) is 14.2 Å². The fourth-order valence-corrected chi connectivity index (χ4v) is 7.16. The normalized spacial score (nSPS) is 21.5. The second-order valence-electron chi connectivity index (χ2n) is 10.7. The molecule has 1 saturated carbocycles. The highest BCUT2D eigenvalue weighted by molar-refractivity contribution is 7.22. The van der Waals surface area contributed by atoms with Gasteiger partial charge in [-0.2, -0.15) is 0 Å². The van der Waals surface area contributed by atoms with Crippen molar-refractivity contribution in [3.8, 4) is 16.5 Å². The van der Waals surface area contributed by atoms with Crippen LogP contribution in [0.15, 0.2) is 44.7 Å². The number of hydrogen-bond donors (Lipinski definition) is 2. The number of halogens is 1. The molecule has 1 aliphatic heterocycles. The lowest BCUT2D eigenvalue weighted by Crippen LogP contribution is -2.44. The number of carbonyl (C=O) groups is 1. The average Bonchev–Trinajstić information content (AvgIpc) is 3.73. The Morgan fingerprint density at radius 3 is 2.67 bits per heavy atom. The first-order chi connectivity index (χ1) is 20.3. The zero-order chi connectivity index (χ0) is 29.5. The van der Waals surface area contributed by atoms with Crippen LogP contribution in [0.4, 0.5) is 4.39 Å². The van der Waals surface area contributed by atoms with Crippen LogP contribution < -0.4 is 21.3 Å². The van der Waals surface area contributed by atoms with Crippen molar-refractivity contribution in [1.29, 1.82) is 0 Å². The predicted octanol–water partition coefficient (Wildman–Crippen LogP) is 3.46. The SMILES string of the molecule is COc1ccc(F)cc1[C@H](Cn1c(=O)n([C@@H]2CCNC2=O)c(=O)c2c(C)c(-c3ncco3)sc21)O[C@H]1CC[C@H](O)CC1. The fraction of sp³-hybridized carbons (Fsp3) is 0.448. The van der Waals surface area contributed by atoms with Gasteiger partial charge in [0.25, 0.3) is 5.56 Å². The molecule has 1 aromatic carbocycles. The van der Waals surface area contributed by atoms with E-state index in [4.69, 9.17) is 13.9 Å². The van der Waals surface area contributed by atoms with Crippen molar-refractivity contribution in [3.63, 3.8) is 0 Å². The van der Waals surface area contributed by atoms with Crippen molar-refractivity contribution in [2.75, 3.05) is 13.7 Å². The molecule has 2 aliphatic rings. The summed E-state index contributed by atoms with van der Waals surface area (Å²) in [6.07, 6.45) is 4.01. The van der Waals surface area contributed by atoms with Crippen LogP contribution in [0.5, 0.6) is 5.75 Å². The van der Waals surface area contributed by atoms with E-state index in [1.165, 1.54) is 53.7 Å². The number of aliphatic hydroxyl groups excluding tert-OH is 1. The summed E-state index contributed by atoms with van der Waals surface area (Å²) in [7, 11) is 1.47. The van der Waals surface area contributed by atoms with Gasteiger partial charge in [-0.25, -0.2) is 18.7 Å². The molecule has 42 heavy (non-hydrogen) atoms. The minimum atomic E-state index is -0.965. The summed E-state index contributed by atoms with van der Waals surface area (Å²) in [5.41, 5.74) is -0.258. The van der Waals surface area contributed by atoms with Crippen molar-refractivity contribution in [2.45, 2.75) is 69.9 Å². The molecule has 4 aromatic rings. The van der Waals surface area contributed by atoms with Gasteiger partial charge in [0.15, 0.2) is 0 Å². The molecule has 13 heteroatoms. The Morgan fingerprint density at radius 2 is 2.00 bits per heavy atom. The number of thiophene rings is 1. The Bertz CT molecular complexity index is 1740. The molecule has 1 aliphatic carbocycles. The minimum Gasteiger partial charge on any atom is -0.496 e. The number of aromatic nitrogens is 3. The van der Waals surface area contributed by atoms with E-state index in [0.29, 0.717) is 64.7 Å². The Labute approximate surface area is 243 Å². The number of amides is 1. The number of oxazole rings is 1. The molecule has 2 fully saturated rings. The summed E-state index contributed by atoms with van der Waals surface area (Å²) in [5.74, 6) is -0.214. The van der Waals surface area contributed by atoms with Crippen molar-refractivity contribution in [2.24, 2.45) is 0 Å². The maximum absolute atomic E-state index is 14.6. The third kappa shape index (κ3) is 5.05. The zero-order valence-electron chi connectivity index (χ0n) is 23.2. The number of nitrogens with one attached hydrogen (secondary N) is 1. The second-order valence-corrected chi connectivity index (χ2v) is 11.7. The second kappa shape index (κ2) is 11.5. The van der Waals surface area contributed by atoms with Gasteiger partial charge in [0, 0.05) is 12.1 Å². The van der Waals surface area contributed by atoms with Crippen molar-refractivity contribution < 1.29 is 28.2 Å². The summed E-state index contributed by atoms with van der Waals surface area (Å²) in [6, 6.07) is 3.14. The van der Waals surface area contributed by atoms with Crippen LogP contribution in [-0.4, -0.2) is 51.0 Å². The van der Waals surface area contributed by atoms with E-state index in [-0.39, 0.29) is 24.5 Å².